The molecule has 0 amide bonds. The summed E-state index contributed by atoms with van der Waals surface area (Å²) in [5, 5.41) is 3.37. The van der Waals surface area contributed by atoms with Crippen LogP contribution in [0.5, 0.6) is 0 Å². The first-order valence-electron chi connectivity index (χ1n) is 4.93. The van der Waals surface area contributed by atoms with Gasteiger partial charge < -0.3 is 11.1 Å². The second-order valence-electron chi connectivity index (χ2n) is 3.51. The van der Waals surface area contributed by atoms with Gasteiger partial charge in [0.05, 0.1) is 0 Å². The summed E-state index contributed by atoms with van der Waals surface area (Å²) in [5.41, 5.74) is 11.1. The Balaban J connectivity index is 2.47. The van der Waals surface area contributed by atoms with Crippen LogP contribution in [0.2, 0.25) is 0 Å². The number of fused-ring (bicyclic) bond motifs is 1. The zero-order valence-electron chi connectivity index (χ0n) is 8.06. The summed E-state index contributed by atoms with van der Waals surface area (Å²) < 4.78 is 0. The van der Waals surface area contributed by atoms with Crippen LogP contribution in [0, 0.1) is 0 Å². The molecule has 0 bridgehead atoms. The molecule has 2 rings (SSSR count). The van der Waals surface area contributed by atoms with E-state index in [1.165, 1.54) is 22.4 Å². The van der Waals surface area contributed by atoms with Crippen LogP contribution < -0.4 is 11.1 Å². The number of anilines is 1. The van der Waals surface area contributed by atoms with Gasteiger partial charge in [-0.15, -0.1) is 0 Å². The Labute approximate surface area is 79.1 Å². The Hall–Kier alpha value is -1.02. The summed E-state index contributed by atoms with van der Waals surface area (Å²) in [6.45, 7) is 3.91. The zero-order chi connectivity index (χ0) is 9.26. The lowest BCUT2D eigenvalue weighted by atomic mass is 10.0. The van der Waals surface area contributed by atoms with Crippen molar-refractivity contribution in [2.24, 2.45) is 5.73 Å². The first-order chi connectivity index (χ1) is 6.35. The molecule has 1 aromatic carbocycles. The van der Waals surface area contributed by atoms with E-state index in [0.29, 0.717) is 6.54 Å². The van der Waals surface area contributed by atoms with Gasteiger partial charge in [0.2, 0.25) is 0 Å². The van der Waals surface area contributed by atoms with Crippen molar-refractivity contribution in [2.45, 2.75) is 26.3 Å². The molecular formula is C11H16N2. The summed E-state index contributed by atoms with van der Waals surface area (Å²) in [7, 11) is 0. The minimum atomic E-state index is 0.651. The van der Waals surface area contributed by atoms with Crippen LogP contribution in [0.15, 0.2) is 12.1 Å². The number of hydrogen-bond donors (Lipinski definition) is 2. The van der Waals surface area contributed by atoms with E-state index in [9.17, 15) is 0 Å². The SMILES string of the molecule is CCc1cc2c(cc1CN)NCC2. The first-order valence-corrected chi connectivity index (χ1v) is 4.93. The molecule has 1 aromatic rings. The second kappa shape index (κ2) is 3.38. The number of aryl methyl sites for hydroxylation is 1. The van der Waals surface area contributed by atoms with Gasteiger partial charge in [-0.2, -0.15) is 0 Å². The molecule has 1 aliphatic heterocycles. The Morgan fingerprint density at radius 3 is 2.92 bits per heavy atom. The smallest absolute Gasteiger partial charge is 0.0376 e. The van der Waals surface area contributed by atoms with E-state index < -0.39 is 0 Å². The average Bonchev–Trinajstić information content (AvgIpc) is 2.62. The third-order valence-corrected chi connectivity index (χ3v) is 2.74. The molecule has 0 saturated heterocycles. The minimum Gasteiger partial charge on any atom is -0.384 e. The highest BCUT2D eigenvalue weighted by molar-refractivity contribution is 5.59. The van der Waals surface area contributed by atoms with Gasteiger partial charge in [-0.3, -0.25) is 0 Å². The quantitative estimate of drug-likeness (QED) is 0.719. The van der Waals surface area contributed by atoms with Crippen LogP contribution in [0.4, 0.5) is 5.69 Å². The minimum absolute atomic E-state index is 0.651. The normalized spacial score (nSPS) is 14.0. The van der Waals surface area contributed by atoms with E-state index >= 15 is 0 Å². The fourth-order valence-corrected chi connectivity index (χ4v) is 1.96. The lowest BCUT2D eigenvalue weighted by Crippen LogP contribution is -2.02. The molecule has 0 radical (unpaired) electrons. The average molecular weight is 176 g/mol. The molecule has 13 heavy (non-hydrogen) atoms. The van der Waals surface area contributed by atoms with E-state index in [2.05, 4.69) is 24.4 Å². The molecule has 0 saturated carbocycles. The van der Waals surface area contributed by atoms with Gasteiger partial charge in [-0.05, 0) is 35.6 Å². The fourth-order valence-electron chi connectivity index (χ4n) is 1.96. The van der Waals surface area contributed by atoms with Gasteiger partial charge >= 0.3 is 0 Å². The van der Waals surface area contributed by atoms with Crippen molar-refractivity contribution >= 4 is 5.69 Å². The van der Waals surface area contributed by atoms with E-state index in [4.69, 9.17) is 5.73 Å². The van der Waals surface area contributed by atoms with E-state index in [1.807, 2.05) is 0 Å². The van der Waals surface area contributed by atoms with Crippen molar-refractivity contribution < 1.29 is 0 Å². The Bertz CT molecular complexity index is 287. The molecular weight excluding hydrogens is 160 g/mol. The molecule has 1 heterocycles. The highest BCUT2D eigenvalue weighted by atomic mass is 14.9. The predicted octanol–water partition coefficient (Wildman–Crippen LogP) is 1.68. The van der Waals surface area contributed by atoms with Gasteiger partial charge in [0, 0.05) is 18.8 Å². The molecule has 0 fully saturated rings. The van der Waals surface area contributed by atoms with Crippen molar-refractivity contribution in [1.29, 1.82) is 0 Å². The molecule has 2 nitrogen and oxygen atoms in total. The van der Waals surface area contributed by atoms with Crippen molar-refractivity contribution in [1.82, 2.24) is 0 Å². The van der Waals surface area contributed by atoms with E-state index in [0.717, 1.165) is 19.4 Å². The maximum atomic E-state index is 5.69. The Kier molecular flexibility index (Phi) is 2.23. The monoisotopic (exact) mass is 176 g/mol. The van der Waals surface area contributed by atoms with Crippen LogP contribution in [0.1, 0.15) is 23.6 Å². The van der Waals surface area contributed by atoms with Gasteiger partial charge in [0.1, 0.15) is 0 Å². The lowest BCUT2D eigenvalue weighted by Gasteiger charge is -2.08. The number of nitrogens with two attached hydrogens (primary N) is 1. The molecule has 0 aliphatic carbocycles. The van der Waals surface area contributed by atoms with Crippen molar-refractivity contribution in [3.05, 3.63) is 28.8 Å². The van der Waals surface area contributed by atoms with Crippen LogP contribution in [-0.2, 0) is 19.4 Å². The molecule has 1 aliphatic rings. The highest BCUT2D eigenvalue weighted by Crippen LogP contribution is 2.26. The van der Waals surface area contributed by atoms with Crippen LogP contribution in [0.25, 0.3) is 0 Å². The second-order valence-corrected chi connectivity index (χ2v) is 3.51. The van der Waals surface area contributed by atoms with E-state index in [1.54, 1.807) is 0 Å². The first kappa shape index (κ1) is 8.57. The predicted molar refractivity (Wildman–Crippen MR) is 55.9 cm³/mol. The van der Waals surface area contributed by atoms with Crippen LogP contribution >= 0.6 is 0 Å². The number of nitrogens with one attached hydrogen (secondary N) is 1. The van der Waals surface area contributed by atoms with Crippen LogP contribution in [-0.4, -0.2) is 6.54 Å². The van der Waals surface area contributed by atoms with Crippen molar-refractivity contribution in [3.63, 3.8) is 0 Å². The number of rotatable bonds is 2. The molecule has 3 N–H and O–H groups in total. The standard InChI is InChI=1S/C11H16N2/c1-2-8-5-9-3-4-13-11(9)6-10(8)7-12/h5-6,13H,2-4,7,12H2,1H3. The molecule has 0 unspecified atom stereocenters. The number of hydrogen-bond acceptors (Lipinski definition) is 2. The Morgan fingerprint density at radius 2 is 2.23 bits per heavy atom. The molecule has 70 valence electrons. The fraction of sp³-hybridized carbons (Fsp3) is 0.455. The van der Waals surface area contributed by atoms with Gasteiger partial charge in [-0.25, -0.2) is 0 Å². The summed E-state index contributed by atoms with van der Waals surface area (Å²) in [5.74, 6) is 0. The van der Waals surface area contributed by atoms with E-state index in [-0.39, 0.29) is 0 Å². The van der Waals surface area contributed by atoms with Gasteiger partial charge in [0.15, 0.2) is 0 Å². The highest BCUT2D eigenvalue weighted by Gasteiger charge is 2.12. The van der Waals surface area contributed by atoms with Crippen molar-refractivity contribution in [3.8, 4) is 0 Å². The summed E-state index contributed by atoms with van der Waals surface area (Å²) in [6, 6.07) is 4.51. The third kappa shape index (κ3) is 1.42. The Morgan fingerprint density at radius 1 is 1.38 bits per heavy atom. The lowest BCUT2D eigenvalue weighted by molar-refractivity contribution is 0.998. The zero-order valence-corrected chi connectivity index (χ0v) is 8.06. The topological polar surface area (TPSA) is 38.0 Å². The largest absolute Gasteiger partial charge is 0.384 e. The number of benzene rings is 1. The van der Waals surface area contributed by atoms with Gasteiger partial charge in [-0.1, -0.05) is 13.0 Å². The summed E-state index contributed by atoms with van der Waals surface area (Å²) in [4.78, 5) is 0. The van der Waals surface area contributed by atoms with Gasteiger partial charge in [0.25, 0.3) is 0 Å². The maximum Gasteiger partial charge on any atom is 0.0376 e. The maximum absolute atomic E-state index is 5.69. The molecule has 0 spiro atoms. The molecule has 2 heteroatoms. The summed E-state index contributed by atoms with van der Waals surface area (Å²) >= 11 is 0. The molecule has 0 aromatic heterocycles. The van der Waals surface area contributed by atoms with Crippen LogP contribution in [0.3, 0.4) is 0 Å². The third-order valence-electron chi connectivity index (χ3n) is 2.74. The summed E-state index contributed by atoms with van der Waals surface area (Å²) in [6.07, 6.45) is 2.24. The van der Waals surface area contributed by atoms with Crippen molar-refractivity contribution in [2.75, 3.05) is 11.9 Å². The molecule has 0 atom stereocenters.